The van der Waals surface area contributed by atoms with E-state index in [1.165, 1.54) is 12.8 Å². The van der Waals surface area contributed by atoms with Crippen molar-refractivity contribution in [3.05, 3.63) is 0 Å². The molecule has 0 bridgehead atoms. The second-order valence-electron chi connectivity index (χ2n) is 3.92. The molecule has 0 spiro atoms. The van der Waals surface area contributed by atoms with Crippen molar-refractivity contribution >= 4 is 7.98 Å². The first-order chi connectivity index (χ1) is 6.70. The molecule has 4 heteroatoms. The Kier molecular flexibility index (Phi) is 9.46. The van der Waals surface area contributed by atoms with Gasteiger partial charge in [0.2, 0.25) is 0 Å². The summed E-state index contributed by atoms with van der Waals surface area (Å²) < 4.78 is 0. The third-order valence-corrected chi connectivity index (χ3v) is 2.24. The molecular weight excluding hydrogens is 173 g/mol. The van der Waals surface area contributed by atoms with Crippen molar-refractivity contribution in [2.45, 2.75) is 26.7 Å². The lowest BCUT2D eigenvalue weighted by atomic mass is 10.1. The molecule has 0 saturated carbocycles. The van der Waals surface area contributed by atoms with Gasteiger partial charge in [-0.25, -0.2) is 0 Å². The minimum absolute atomic E-state index is 0.748. The van der Waals surface area contributed by atoms with Gasteiger partial charge in [-0.3, -0.25) is 0 Å². The van der Waals surface area contributed by atoms with Gasteiger partial charge in [0.15, 0.2) is 7.98 Å². The first-order valence-electron chi connectivity index (χ1n) is 5.55. The molecule has 1 unspecified atom stereocenters. The lowest BCUT2D eigenvalue weighted by molar-refractivity contribution is 0.377. The Bertz CT molecular complexity index is 122. The molecule has 0 aromatic rings. The average Bonchev–Trinajstić information content (AvgIpc) is 2.15. The van der Waals surface area contributed by atoms with E-state index in [9.17, 15) is 0 Å². The number of likely N-dealkylation sites (N-methyl/N-ethyl adjacent to an activating group) is 1. The van der Waals surface area contributed by atoms with Gasteiger partial charge in [0, 0.05) is 13.2 Å². The molecule has 0 saturated heterocycles. The lowest BCUT2D eigenvalue weighted by Gasteiger charge is -2.19. The maximum atomic E-state index is 5.75. The number of nitrogens with one attached hydrogen (secondary N) is 2. The maximum absolute atomic E-state index is 5.75. The van der Waals surface area contributed by atoms with Crippen LogP contribution in [0.3, 0.4) is 0 Å². The fourth-order valence-electron chi connectivity index (χ4n) is 1.38. The van der Waals surface area contributed by atoms with E-state index in [1.54, 1.807) is 4.81 Å². The van der Waals surface area contributed by atoms with E-state index in [4.69, 9.17) is 7.98 Å². The molecule has 0 aromatic heterocycles. The Hall–Kier alpha value is -0.0551. The van der Waals surface area contributed by atoms with Gasteiger partial charge in [-0.15, -0.1) is 0 Å². The fourth-order valence-corrected chi connectivity index (χ4v) is 1.38. The summed E-state index contributed by atoms with van der Waals surface area (Å²) in [6.07, 6.45) is 2.54. The molecule has 0 aromatic carbocycles. The van der Waals surface area contributed by atoms with Crippen LogP contribution in [0.4, 0.5) is 0 Å². The lowest BCUT2D eigenvalue weighted by Crippen LogP contribution is -2.37. The highest BCUT2D eigenvalue weighted by molar-refractivity contribution is 6.04. The molecule has 0 fully saturated rings. The minimum Gasteiger partial charge on any atom is -0.341 e. The van der Waals surface area contributed by atoms with E-state index in [0.29, 0.717) is 0 Å². The van der Waals surface area contributed by atoms with Crippen LogP contribution in [0.15, 0.2) is 0 Å². The van der Waals surface area contributed by atoms with Crippen molar-refractivity contribution in [3.63, 3.8) is 0 Å². The topological polar surface area (TPSA) is 27.3 Å². The van der Waals surface area contributed by atoms with Crippen LogP contribution in [-0.4, -0.2) is 46.1 Å². The van der Waals surface area contributed by atoms with Crippen LogP contribution < -0.4 is 10.6 Å². The third-order valence-electron chi connectivity index (χ3n) is 2.24. The molecule has 0 heterocycles. The van der Waals surface area contributed by atoms with Crippen LogP contribution in [0.5, 0.6) is 0 Å². The van der Waals surface area contributed by atoms with Gasteiger partial charge in [0.1, 0.15) is 0 Å². The van der Waals surface area contributed by atoms with E-state index in [-0.39, 0.29) is 0 Å². The minimum atomic E-state index is 0.748. The summed E-state index contributed by atoms with van der Waals surface area (Å²) in [7, 11) is 7.69. The van der Waals surface area contributed by atoms with E-state index in [2.05, 4.69) is 24.5 Å². The van der Waals surface area contributed by atoms with Crippen molar-refractivity contribution in [1.29, 1.82) is 0 Å². The summed E-state index contributed by atoms with van der Waals surface area (Å²) in [5, 5.41) is 6.42. The van der Waals surface area contributed by atoms with Crippen molar-refractivity contribution in [1.82, 2.24) is 15.4 Å². The highest BCUT2D eigenvalue weighted by Crippen LogP contribution is 2.02. The largest absolute Gasteiger partial charge is 0.341 e. The Morgan fingerprint density at radius 1 is 1.43 bits per heavy atom. The van der Waals surface area contributed by atoms with Crippen LogP contribution in [0, 0.1) is 5.92 Å². The van der Waals surface area contributed by atoms with E-state index in [1.807, 2.05) is 7.05 Å². The second-order valence-corrected chi connectivity index (χ2v) is 3.92. The molecule has 14 heavy (non-hydrogen) atoms. The summed E-state index contributed by atoms with van der Waals surface area (Å²) in [6, 6.07) is 0. The van der Waals surface area contributed by atoms with E-state index < -0.39 is 0 Å². The first kappa shape index (κ1) is 13.9. The van der Waals surface area contributed by atoms with E-state index >= 15 is 0 Å². The molecular formula is C10H24BN3. The van der Waals surface area contributed by atoms with Crippen molar-refractivity contribution in [2.24, 2.45) is 5.92 Å². The number of rotatable bonds is 9. The third kappa shape index (κ3) is 8.54. The van der Waals surface area contributed by atoms with Gasteiger partial charge in [-0.2, -0.15) is 0 Å². The predicted octanol–water partition coefficient (Wildman–Crippen LogP) is 0.575. The molecule has 1 atom stereocenters. The smallest absolute Gasteiger partial charge is 0.184 e. The van der Waals surface area contributed by atoms with Crippen LogP contribution in [0.25, 0.3) is 0 Å². The summed E-state index contributed by atoms with van der Waals surface area (Å²) in [6.45, 7) is 8.13. The Labute approximate surface area is 90.1 Å². The number of nitrogens with zero attached hydrogens (tertiary/aromatic N) is 1. The van der Waals surface area contributed by atoms with Gasteiger partial charge >= 0.3 is 0 Å². The molecule has 0 aliphatic heterocycles. The molecule has 0 aliphatic rings. The number of hydrogen-bond acceptors (Lipinski definition) is 3. The molecule has 2 N–H and O–H groups in total. The van der Waals surface area contributed by atoms with Crippen LogP contribution in [-0.2, 0) is 0 Å². The van der Waals surface area contributed by atoms with Crippen LogP contribution >= 0.6 is 0 Å². The standard InChI is InChI=1S/C10H24BN3/c1-4-5-10(2)8-13-9-14(11)7-6-12-3/h10,12-13H,4-9H2,1-3H3. The summed E-state index contributed by atoms with van der Waals surface area (Å²) in [5.41, 5.74) is 0. The monoisotopic (exact) mass is 197 g/mol. The van der Waals surface area contributed by atoms with Crippen LogP contribution in [0.1, 0.15) is 26.7 Å². The zero-order valence-corrected chi connectivity index (χ0v) is 9.84. The molecule has 82 valence electrons. The van der Waals surface area contributed by atoms with Gasteiger partial charge in [-0.05, 0) is 32.5 Å². The molecule has 2 radical (unpaired) electrons. The Morgan fingerprint density at radius 2 is 2.14 bits per heavy atom. The zero-order chi connectivity index (χ0) is 10.8. The number of hydrogen-bond donors (Lipinski definition) is 2. The fraction of sp³-hybridized carbons (Fsp3) is 1.00. The molecule has 0 amide bonds. The average molecular weight is 197 g/mol. The van der Waals surface area contributed by atoms with Gasteiger partial charge in [-0.1, -0.05) is 20.3 Å². The van der Waals surface area contributed by atoms with Crippen molar-refractivity contribution in [2.75, 3.05) is 33.4 Å². The quantitative estimate of drug-likeness (QED) is 0.418. The molecule has 3 nitrogen and oxygen atoms in total. The van der Waals surface area contributed by atoms with Gasteiger partial charge in [0.25, 0.3) is 0 Å². The Morgan fingerprint density at radius 3 is 2.71 bits per heavy atom. The predicted molar refractivity (Wildman–Crippen MR) is 63.3 cm³/mol. The highest BCUT2D eigenvalue weighted by Gasteiger charge is 2.00. The van der Waals surface area contributed by atoms with Gasteiger partial charge in [0.05, 0.1) is 0 Å². The molecule has 0 aliphatic carbocycles. The highest BCUT2D eigenvalue weighted by atomic mass is 15.2. The van der Waals surface area contributed by atoms with Gasteiger partial charge < -0.3 is 15.4 Å². The SMILES string of the molecule is [B]N(CCNC)CNCC(C)CCC. The summed E-state index contributed by atoms with van der Waals surface area (Å²) >= 11 is 0. The van der Waals surface area contributed by atoms with E-state index in [0.717, 1.165) is 32.2 Å². The first-order valence-corrected chi connectivity index (χ1v) is 5.55. The zero-order valence-electron chi connectivity index (χ0n) is 9.84. The summed E-state index contributed by atoms with van der Waals surface area (Å²) in [5.74, 6) is 0.748. The molecule has 0 rings (SSSR count). The second kappa shape index (κ2) is 9.50. The van der Waals surface area contributed by atoms with Crippen molar-refractivity contribution < 1.29 is 0 Å². The van der Waals surface area contributed by atoms with Crippen molar-refractivity contribution in [3.8, 4) is 0 Å². The van der Waals surface area contributed by atoms with Crippen LogP contribution in [0.2, 0.25) is 0 Å². The normalized spacial score (nSPS) is 13.4. The Balaban J connectivity index is 3.25. The summed E-state index contributed by atoms with van der Waals surface area (Å²) in [4.78, 5) is 1.80. The maximum Gasteiger partial charge on any atom is 0.184 e.